The smallest absolute Gasteiger partial charge is 0.312 e. The van der Waals surface area contributed by atoms with E-state index in [1.807, 2.05) is 55.4 Å². The molecule has 8 aliphatic carbocycles. The molecular formula is C52H98O9. The number of hydrogen-bond acceptors (Lipinski definition) is 9. The number of hydrogen-bond donors (Lipinski definition) is 1. The molecule has 9 nitrogen and oxygen atoms in total. The molecule has 1 N–H and O–H groups in total. The molecular weight excluding hydrogens is 769 g/mol. The molecule has 10 atom stereocenters. The van der Waals surface area contributed by atoms with Crippen LogP contribution >= 0.6 is 0 Å². The number of ether oxygens (including phenoxy) is 4. The summed E-state index contributed by atoms with van der Waals surface area (Å²) < 4.78 is 22.1. The minimum Gasteiger partial charge on any atom is -0.462 e. The van der Waals surface area contributed by atoms with Gasteiger partial charge in [-0.2, -0.15) is 0 Å². The van der Waals surface area contributed by atoms with Crippen molar-refractivity contribution < 1.29 is 43.2 Å². The highest BCUT2D eigenvalue weighted by molar-refractivity contribution is 5.78. The number of esters is 4. The number of carbonyl (C=O) groups is 4. The quantitative estimate of drug-likeness (QED) is 0.130. The van der Waals surface area contributed by atoms with E-state index in [0.717, 1.165) is 81.0 Å². The summed E-state index contributed by atoms with van der Waals surface area (Å²) in [6.07, 6.45) is 15.7. The molecule has 8 bridgehead atoms. The molecule has 0 aromatic rings. The summed E-state index contributed by atoms with van der Waals surface area (Å²) in [5.41, 5.74) is -2.27. The van der Waals surface area contributed by atoms with Crippen molar-refractivity contribution in [3.8, 4) is 0 Å². The largest absolute Gasteiger partial charge is 0.462 e. The van der Waals surface area contributed by atoms with Crippen LogP contribution in [-0.4, -0.2) is 58.5 Å². The fourth-order valence-corrected chi connectivity index (χ4v) is 12.5. The van der Waals surface area contributed by atoms with Gasteiger partial charge in [-0.15, -0.1) is 0 Å². The molecule has 0 spiro atoms. The van der Waals surface area contributed by atoms with Crippen molar-refractivity contribution in [1.82, 2.24) is 0 Å². The van der Waals surface area contributed by atoms with Crippen molar-refractivity contribution in [2.45, 2.75) is 239 Å². The Kier molecular flexibility index (Phi) is 20.5. The Hall–Kier alpha value is -2.16. The molecule has 1 heterocycles. The van der Waals surface area contributed by atoms with Crippen LogP contribution in [0, 0.1) is 63.6 Å². The van der Waals surface area contributed by atoms with Gasteiger partial charge in [-0.1, -0.05) is 72.3 Å². The van der Waals surface area contributed by atoms with Crippen LogP contribution in [0.4, 0.5) is 0 Å². The Labute approximate surface area is 375 Å². The zero-order valence-corrected chi connectivity index (χ0v) is 35.9. The maximum atomic E-state index is 12.7. The lowest BCUT2D eigenvalue weighted by Gasteiger charge is -2.59. The first-order valence-electron chi connectivity index (χ1n) is 22.2. The molecule has 61 heavy (non-hydrogen) atoms. The fraction of sp³-hybridized carbons (Fsp3) is 0.923. The van der Waals surface area contributed by atoms with Gasteiger partial charge in [-0.3, -0.25) is 19.2 Å². The van der Waals surface area contributed by atoms with E-state index < -0.39 is 16.4 Å². The van der Waals surface area contributed by atoms with E-state index in [9.17, 15) is 24.3 Å². The number of rotatable bonds is 10. The third kappa shape index (κ3) is 11.6. The SMILES string of the molecule is C.C.C.C.C.C.CCC(C)(C)C(=O)OC1(CC)CC2CC1C1C3CCC(C3)C21.CCC(C)(C)C(=O)OC12CC3CC(CC(O)(C3)C1)C2.CCC(C)(C)C(=O)O[C@@H]1COC(=O)C1. The summed E-state index contributed by atoms with van der Waals surface area (Å²) >= 11 is 0. The summed E-state index contributed by atoms with van der Waals surface area (Å²) in [7, 11) is 0. The van der Waals surface area contributed by atoms with E-state index in [-0.39, 0.29) is 104 Å². The first-order valence-corrected chi connectivity index (χ1v) is 22.2. The van der Waals surface area contributed by atoms with Gasteiger partial charge in [0.05, 0.1) is 28.3 Å². The molecule has 9 unspecified atom stereocenters. The second-order valence-electron chi connectivity index (χ2n) is 21.5. The Balaban J connectivity index is 0.000000863. The summed E-state index contributed by atoms with van der Waals surface area (Å²) in [4.78, 5) is 47.4. The average molecular weight is 867 g/mol. The maximum absolute atomic E-state index is 12.7. The van der Waals surface area contributed by atoms with E-state index in [4.69, 9.17) is 18.9 Å². The molecule has 8 saturated carbocycles. The van der Waals surface area contributed by atoms with Crippen LogP contribution in [0.15, 0.2) is 0 Å². The topological polar surface area (TPSA) is 125 Å². The van der Waals surface area contributed by atoms with E-state index in [2.05, 4.69) is 13.8 Å². The Morgan fingerprint density at radius 1 is 0.656 bits per heavy atom. The molecule has 1 saturated heterocycles. The van der Waals surface area contributed by atoms with E-state index in [0.29, 0.717) is 30.6 Å². The van der Waals surface area contributed by atoms with E-state index in [1.165, 1.54) is 32.1 Å². The number of aliphatic hydroxyl groups is 1. The summed E-state index contributed by atoms with van der Waals surface area (Å²) in [5, 5.41) is 10.6. The maximum Gasteiger partial charge on any atom is 0.312 e. The van der Waals surface area contributed by atoms with Gasteiger partial charge < -0.3 is 24.1 Å². The molecule has 0 aromatic heterocycles. The number of cyclic esters (lactones) is 1. The molecule has 0 radical (unpaired) electrons. The van der Waals surface area contributed by atoms with Gasteiger partial charge in [-0.25, -0.2) is 0 Å². The van der Waals surface area contributed by atoms with Crippen molar-refractivity contribution in [2.75, 3.05) is 6.61 Å². The normalized spacial score (nSPS) is 36.4. The first kappa shape index (κ1) is 58.8. The number of fused-ring (bicyclic) bond motifs is 9. The molecule has 9 heteroatoms. The highest BCUT2D eigenvalue weighted by atomic mass is 16.6. The Morgan fingerprint density at radius 3 is 1.61 bits per heavy atom. The second-order valence-corrected chi connectivity index (χ2v) is 21.5. The summed E-state index contributed by atoms with van der Waals surface area (Å²) in [6, 6.07) is 0. The predicted molar refractivity (Wildman–Crippen MR) is 250 cm³/mol. The van der Waals surface area contributed by atoms with Gasteiger partial charge in [0.15, 0.2) is 0 Å². The zero-order valence-electron chi connectivity index (χ0n) is 35.9. The molecule has 9 fully saturated rings. The van der Waals surface area contributed by atoms with Crippen LogP contribution in [0.3, 0.4) is 0 Å². The highest BCUT2D eigenvalue weighted by Crippen LogP contribution is 2.71. The molecule has 9 rings (SSSR count). The lowest BCUT2D eigenvalue weighted by atomic mass is 9.52. The van der Waals surface area contributed by atoms with Gasteiger partial charge in [0.2, 0.25) is 0 Å². The third-order valence-corrected chi connectivity index (χ3v) is 16.5. The van der Waals surface area contributed by atoms with Crippen LogP contribution in [0.2, 0.25) is 0 Å². The van der Waals surface area contributed by atoms with E-state index in [1.54, 1.807) is 0 Å². The van der Waals surface area contributed by atoms with Crippen LogP contribution < -0.4 is 0 Å². The lowest BCUT2D eigenvalue weighted by Crippen LogP contribution is -2.61. The first-order chi connectivity index (χ1) is 25.6. The fourth-order valence-electron chi connectivity index (χ4n) is 12.5. The molecule has 1 aliphatic heterocycles. The van der Waals surface area contributed by atoms with Crippen LogP contribution in [0.25, 0.3) is 0 Å². The molecule has 0 aromatic carbocycles. The van der Waals surface area contributed by atoms with Crippen LogP contribution in [0.1, 0.15) is 217 Å². The summed E-state index contributed by atoms with van der Waals surface area (Å²) in [5.74, 6) is 5.88. The highest BCUT2D eigenvalue weighted by Gasteiger charge is 2.68. The van der Waals surface area contributed by atoms with Crippen molar-refractivity contribution in [2.24, 2.45) is 63.6 Å². The van der Waals surface area contributed by atoms with Gasteiger partial charge >= 0.3 is 23.9 Å². The minimum atomic E-state index is -0.555. The van der Waals surface area contributed by atoms with Gasteiger partial charge in [0, 0.05) is 12.3 Å². The van der Waals surface area contributed by atoms with Crippen molar-refractivity contribution in [1.29, 1.82) is 0 Å². The van der Waals surface area contributed by atoms with Crippen LogP contribution in [0.5, 0.6) is 0 Å². The molecule has 0 amide bonds. The third-order valence-electron chi connectivity index (χ3n) is 16.5. The minimum absolute atomic E-state index is 0. The van der Waals surface area contributed by atoms with Crippen molar-refractivity contribution in [3.63, 3.8) is 0 Å². The standard InChI is InChI=1S/C20H32O2.C16H26O3.C10H16O4.6CH4/c1-5-19(3,4)18(21)22-20(6-2)11-14-10-15(20)17-13-8-7-12(9-13)16(14)17;1-4-14(2,3)13(17)19-16-8-11-5-12(9-16)7-15(18,6-11)10-16;1-4-10(2,3)9(12)14-7-5-8(11)13-6-7;;;;;;/h12-17H,5-11H2,1-4H3;11-12,18H,4-10H2,1-3H3;7H,4-6H2,1-3H3;6*1H4/t;;7-;;;;;;/m..0....../s1. The van der Waals surface area contributed by atoms with Gasteiger partial charge in [0.1, 0.15) is 23.9 Å². The molecule has 9 aliphatic rings. The van der Waals surface area contributed by atoms with Crippen molar-refractivity contribution in [3.05, 3.63) is 0 Å². The number of carbonyl (C=O) groups excluding carboxylic acids is 4. The Bertz CT molecular complexity index is 1450. The van der Waals surface area contributed by atoms with Gasteiger partial charge in [-0.05, 0) is 173 Å². The summed E-state index contributed by atoms with van der Waals surface area (Å²) in [6.45, 7) is 20.1. The lowest BCUT2D eigenvalue weighted by molar-refractivity contribution is -0.225. The monoisotopic (exact) mass is 867 g/mol. The molecule has 360 valence electrons. The van der Waals surface area contributed by atoms with E-state index >= 15 is 0 Å². The second kappa shape index (κ2) is 21.2. The Morgan fingerprint density at radius 2 is 1.15 bits per heavy atom. The van der Waals surface area contributed by atoms with Crippen molar-refractivity contribution >= 4 is 23.9 Å². The predicted octanol–water partition coefficient (Wildman–Crippen LogP) is 13.0. The van der Waals surface area contributed by atoms with Crippen LogP contribution in [-0.2, 0) is 38.1 Å². The van der Waals surface area contributed by atoms with Gasteiger partial charge in [0.25, 0.3) is 0 Å². The average Bonchev–Trinajstić information content (AvgIpc) is 3.95. The zero-order chi connectivity index (χ0) is 40.4.